The van der Waals surface area contributed by atoms with Crippen molar-refractivity contribution in [2.45, 2.75) is 91.8 Å². The highest BCUT2D eigenvalue weighted by atomic mass is 16.5. The van der Waals surface area contributed by atoms with Crippen LogP contribution < -0.4 is 23.8 Å². The average Bonchev–Trinajstić information content (AvgIpc) is 3.74. The smallest absolute Gasteiger partial charge is 0.260 e. The van der Waals surface area contributed by atoms with Gasteiger partial charge >= 0.3 is 0 Å². The van der Waals surface area contributed by atoms with Crippen LogP contribution in [-0.2, 0) is 0 Å². The predicted molar refractivity (Wildman–Crippen MR) is 221 cm³/mol. The Balaban J connectivity index is 1.07. The van der Waals surface area contributed by atoms with Crippen LogP contribution in [0.3, 0.4) is 0 Å². The molecule has 2 unspecified atom stereocenters. The molecule has 4 heterocycles. The average molecular weight is 767 g/mol. The first-order valence-electron chi connectivity index (χ1n) is 19.6. The van der Waals surface area contributed by atoms with Gasteiger partial charge in [-0.15, -0.1) is 0 Å². The molecule has 0 fully saturated rings. The molecule has 0 radical (unpaired) electrons. The van der Waals surface area contributed by atoms with Crippen molar-refractivity contribution >= 4 is 29.4 Å². The van der Waals surface area contributed by atoms with Crippen LogP contribution in [0.5, 0.6) is 23.0 Å². The third-order valence-corrected chi connectivity index (χ3v) is 11.5. The lowest BCUT2D eigenvalue weighted by Crippen LogP contribution is -2.48. The number of amides is 2. The van der Waals surface area contributed by atoms with Crippen molar-refractivity contribution in [2.24, 2.45) is 15.8 Å². The SMILES string of the molecule is C/C=C/C1=CN2C(=O)c3cc(OC)c(OCC(C)(C)CCC(C)(C)CCOc4cc5c(cc4OC)C(=O)N4C=C(/C=C/C)C[C@@H]4C(CO)N5C)cc3N=CC2C1. The first-order chi connectivity index (χ1) is 26.7. The normalized spacial score (nSPS) is 20.8. The molecule has 0 saturated heterocycles. The second kappa shape index (κ2) is 16.6. The monoisotopic (exact) mass is 766 g/mol. The fourth-order valence-corrected chi connectivity index (χ4v) is 7.94. The van der Waals surface area contributed by atoms with Crippen molar-refractivity contribution < 1.29 is 33.6 Å². The third-order valence-electron chi connectivity index (χ3n) is 11.5. The van der Waals surface area contributed by atoms with Gasteiger partial charge in [0.05, 0.1) is 74.7 Å². The number of methoxy groups -OCH3 is 2. The molecule has 2 amide bonds. The van der Waals surface area contributed by atoms with Crippen LogP contribution in [0, 0.1) is 10.8 Å². The van der Waals surface area contributed by atoms with Gasteiger partial charge in [-0.2, -0.15) is 0 Å². The molecule has 0 aromatic heterocycles. The molecule has 4 aliphatic rings. The van der Waals surface area contributed by atoms with E-state index in [0.717, 1.165) is 36.8 Å². The van der Waals surface area contributed by atoms with Crippen molar-refractivity contribution in [3.63, 3.8) is 0 Å². The van der Waals surface area contributed by atoms with Gasteiger partial charge in [-0.3, -0.25) is 14.6 Å². The minimum Gasteiger partial charge on any atom is -0.493 e. The van der Waals surface area contributed by atoms with E-state index in [4.69, 9.17) is 23.9 Å². The molecule has 4 aliphatic heterocycles. The lowest BCUT2D eigenvalue weighted by molar-refractivity contribution is 0.0758. The van der Waals surface area contributed by atoms with E-state index in [1.807, 2.05) is 80.8 Å². The molecule has 0 spiro atoms. The third kappa shape index (κ3) is 8.38. The van der Waals surface area contributed by atoms with E-state index in [2.05, 4.69) is 27.7 Å². The lowest BCUT2D eigenvalue weighted by Gasteiger charge is -2.34. The number of anilines is 1. The summed E-state index contributed by atoms with van der Waals surface area (Å²) in [6.45, 7) is 13.6. The molecule has 56 heavy (non-hydrogen) atoms. The number of hydrogen-bond acceptors (Lipinski definition) is 9. The molecule has 0 aliphatic carbocycles. The number of fused-ring (bicyclic) bond motifs is 4. The largest absolute Gasteiger partial charge is 0.493 e. The lowest BCUT2D eigenvalue weighted by atomic mass is 9.78. The maximum absolute atomic E-state index is 13.9. The molecule has 1 N–H and O–H groups in total. The number of aliphatic hydroxyl groups excluding tert-OH is 1. The standard InChI is InChI=1S/C45H58N4O7/c1-10-12-29-18-31-24-46-34-22-40(38(53-8)20-32(34)42(51)48(31)25-29)56-28-45(5,6)15-14-44(3,4)16-17-55-41-23-35-33(21-39(41)54-9)43(52)49-26-30(13-11-2)19-36(49)37(27-50)47(35)7/h10-13,20-26,31,36-37,50H,14-19,27-28H2,1-9H3/b12-10+,13-11+/t31?,36-,37?/m1/s1. The topological polar surface area (TPSA) is 113 Å². The number of allylic oxidation sites excluding steroid dienone is 4. The number of rotatable bonds is 15. The Kier molecular flexibility index (Phi) is 12.0. The highest BCUT2D eigenvalue weighted by Crippen LogP contribution is 2.43. The summed E-state index contributed by atoms with van der Waals surface area (Å²) in [6, 6.07) is 6.61. The molecular formula is C45H58N4O7. The molecular weight excluding hydrogens is 709 g/mol. The molecule has 3 atom stereocenters. The number of carbonyl (C=O) groups is 2. The first-order valence-corrected chi connectivity index (χ1v) is 19.6. The van der Waals surface area contributed by atoms with Gasteiger partial charge in [0.1, 0.15) is 0 Å². The Bertz CT molecular complexity index is 1980. The Hall–Kier alpha value is -5.03. The number of aliphatic hydroxyl groups is 1. The molecule has 0 saturated carbocycles. The number of aliphatic imine (C=N–C) groups is 1. The number of benzene rings is 2. The maximum Gasteiger partial charge on any atom is 0.260 e. The van der Waals surface area contributed by atoms with Gasteiger partial charge in [0, 0.05) is 37.8 Å². The van der Waals surface area contributed by atoms with Crippen LogP contribution in [0.4, 0.5) is 11.4 Å². The molecule has 300 valence electrons. The first kappa shape index (κ1) is 40.6. The summed E-state index contributed by atoms with van der Waals surface area (Å²) in [7, 11) is 5.10. The van der Waals surface area contributed by atoms with Gasteiger partial charge in [-0.05, 0) is 80.1 Å². The zero-order valence-corrected chi connectivity index (χ0v) is 34.4. The maximum atomic E-state index is 13.9. The Labute approximate surface area is 331 Å². The second-order valence-electron chi connectivity index (χ2n) is 16.8. The molecule has 2 aromatic carbocycles. The van der Waals surface area contributed by atoms with Gasteiger partial charge in [0.2, 0.25) is 0 Å². The Morgan fingerprint density at radius 1 is 0.786 bits per heavy atom. The minimum absolute atomic E-state index is 0.0435. The number of ether oxygens (including phenoxy) is 4. The fraction of sp³-hybridized carbons (Fsp3) is 0.489. The van der Waals surface area contributed by atoms with Gasteiger partial charge in [0.15, 0.2) is 23.0 Å². The number of hydrogen-bond donors (Lipinski definition) is 1. The quantitative estimate of drug-likeness (QED) is 0.193. The molecule has 11 heteroatoms. The molecule has 2 aromatic rings. The van der Waals surface area contributed by atoms with Crippen molar-refractivity contribution in [3.05, 3.63) is 83.2 Å². The van der Waals surface area contributed by atoms with Crippen LogP contribution in [0.1, 0.15) is 94.4 Å². The fourth-order valence-electron chi connectivity index (χ4n) is 7.94. The van der Waals surface area contributed by atoms with E-state index in [9.17, 15) is 14.7 Å². The zero-order chi connectivity index (χ0) is 40.4. The number of nitrogens with zero attached hydrogens (tertiary/aromatic N) is 4. The van der Waals surface area contributed by atoms with Crippen molar-refractivity contribution in [1.29, 1.82) is 0 Å². The van der Waals surface area contributed by atoms with Crippen molar-refractivity contribution in [1.82, 2.24) is 9.80 Å². The van der Waals surface area contributed by atoms with E-state index < -0.39 is 0 Å². The van der Waals surface area contributed by atoms with Crippen LogP contribution in [0.15, 0.2) is 77.1 Å². The van der Waals surface area contributed by atoms with Gasteiger partial charge < -0.3 is 38.8 Å². The van der Waals surface area contributed by atoms with Crippen LogP contribution >= 0.6 is 0 Å². The van der Waals surface area contributed by atoms with Crippen LogP contribution in [0.25, 0.3) is 0 Å². The minimum atomic E-state index is -0.283. The zero-order valence-electron chi connectivity index (χ0n) is 34.4. The van der Waals surface area contributed by atoms with Gasteiger partial charge in [-0.25, -0.2) is 0 Å². The Morgan fingerprint density at radius 3 is 2.05 bits per heavy atom. The summed E-state index contributed by atoms with van der Waals surface area (Å²) in [5.74, 6) is 1.90. The summed E-state index contributed by atoms with van der Waals surface area (Å²) in [6.07, 6.45) is 17.7. The van der Waals surface area contributed by atoms with Crippen molar-refractivity contribution in [2.75, 3.05) is 46.0 Å². The van der Waals surface area contributed by atoms with E-state index in [0.29, 0.717) is 65.1 Å². The number of likely N-dealkylation sites (N-methyl/N-ethyl adjacent to an activating group) is 1. The highest BCUT2D eigenvalue weighted by Gasteiger charge is 2.42. The summed E-state index contributed by atoms with van der Waals surface area (Å²) in [5.41, 5.74) is 4.24. The molecule has 11 nitrogen and oxygen atoms in total. The second-order valence-corrected chi connectivity index (χ2v) is 16.8. The molecule has 0 bridgehead atoms. The van der Waals surface area contributed by atoms with Crippen molar-refractivity contribution in [3.8, 4) is 23.0 Å². The van der Waals surface area contributed by atoms with Crippen LogP contribution in [-0.4, -0.2) is 92.1 Å². The highest BCUT2D eigenvalue weighted by molar-refractivity contribution is 6.04. The summed E-state index contributed by atoms with van der Waals surface area (Å²) in [4.78, 5) is 37.6. The summed E-state index contributed by atoms with van der Waals surface area (Å²) >= 11 is 0. The summed E-state index contributed by atoms with van der Waals surface area (Å²) < 4.78 is 24.2. The van der Waals surface area contributed by atoms with E-state index in [1.54, 1.807) is 36.2 Å². The van der Waals surface area contributed by atoms with Gasteiger partial charge in [0.25, 0.3) is 11.8 Å². The predicted octanol–water partition coefficient (Wildman–Crippen LogP) is 8.26. The number of carbonyl (C=O) groups excluding carboxylic acids is 2. The Morgan fingerprint density at radius 2 is 1.39 bits per heavy atom. The van der Waals surface area contributed by atoms with E-state index in [1.165, 1.54) is 0 Å². The van der Waals surface area contributed by atoms with E-state index in [-0.39, 0.29) is 47.4 Å². The molecule has 6 rings (SSSR count). The summed E-state index contributed by atoms with van der Waals surface area (Å²) in [5, 5.41) is 10.5. The van der Waals surface area contributed by atoms with E-state index >= 15 is 0 Å². The van der Waals surface area contributed by atoms with Crippen LogP contribution in [0.2, 0.25) is 0 Å². The van der Waals surface area contributed by atoms with Gasteiger partial charge in [-0.1, -0.05) is 52.0 Å².